The minimum absolute atomic E-state index is 0.0721. The Hall–Kier alpha value is -3.90. The molecule has 152 valence electrons. The second-order valence-corrected chi connectivity index (χ2v) is 7.86. The van der Waals surface area contributed by atoms with E-state index in [-0.39, 0.29) is 12.5 Å². The maximum Gasteiger partial charge on any atom is 0.262 e. The van der Waals surface area contributed by atoms with Crippen LogP contribution in [-0.2, 0) is 4.79 Å². The Kier molecular flexibility index (Phi) is 5.21. The van der Waals surface area contributed by atoms with E-state index in [4.69, 9.17) is 4.74 Å². The Bertz CT molecular complexity index is 1300. The van der Waals surface area contributed by atoms with Gasteiger partial charge in [-0.1, -0.05) is 60.7 Å². The molecule has 6 heteroatoms. The molecule has 0 unspecified atom stereocenters. The van der Waals surface area contributed by atoms with E-state index >= 15 is 0 Å². The molecule has 0 spiro atoms. The third-order valence-corrected chi connectivity index (χ3v) is 5.67. The Balaban J connectivity index is 1.25. The summed E-state index contributed by atoms with van der Waals surface area (Å²) in [6.07, 6.45) is 3.93. The lowest BCUT2D eigenvalue weighted by Crippen LogP contribution is -2.20. The highest BCUT2D eigenvalue weighted by atomic mass is 32.1. The highest BCUT2D eigenvalue weighted by molar-refractivity contribution is 7.15. The van der Waals surface area contributed by atoms with Crippen LogP contribution in [-0.4, -0.2) is 21.9 Å². The van der Waals surface area contributed by atoms with Gasteiger partial charge in [0.25, 0.3) is 5.91 Å². The average molecular weight is 426 g/mol. The summed E-state index contributed by atoms with van der Waals surface area (Å²) < 4.78 is 7.65. The molecule has 0 aliphatic heterocycles. The largest absolute Gasteiger partial charge is 0.484 e. The summed E-state index contributed by atoms with van der Waals surface area (Å²) in [6, 6.07) is 25.5. The third-order valence-electron chi connectivity index (χ3n) is 4.90. The molecular formula is C25H19N3O2S. The lowest BCUT2D eigenvalue weighted by Gasteiger charge is -2.11. The maximum atomic E-state index is 12.5. The summed E-state index contributed by atoms with van der Waals surface area (Å²) in [5.74, 6) is 0.429. The summed E-state index contributed by atoms with van der Waals surface area (Å²) in [7, 11) is 0. The second kappa shape index (κ2) is 8.45. The van der Waals surface area contributed by atoms with E-state index < -0.39 is 0 Å². The predicted molar refractivity (Wildman–Crippen MR) is 125 cm³/mol. The number of rotatable bonds is 6. The van der Waals surface area contributed by atoms with Crippen LogP contribution in [0.5, 0.6) is 5.75 Å². The average Bonchev–Trinajstić information content (AvgIpc) is 3.42. The van der Waals surface area contributed by atoms with Crippen LogP contribution in [0.15, 0.2) is 96.6 Å². The van der Waals surface area contributed by atoms with Crippen molar-refractivity contribution in [3.63, 3.8) is 0 Å². The first-order valence-corrected chi connectivity index (χ1v) is 10.7. The van der Waals surface area contributed by atoms with Gasteiger partial charge in [-0.15, -0.1) is 11.3 Å². The Morgan fingerprint density at radius 3 is 2.48 bits per heavy atom. The van der Waals surface area contributed by atoms with Crippen molar-refractivity contribution in [2.75, 3.05) is 11.9 Å². The molecule has 5 nitrogen and oxygen atoms in total. The summed E-state index contributed by atoms with van der Waals surface area (Å²) in [5.41, 5.74) is 4.65. The molecular weight excluding hydrogens is 406 g/mol. The van der Waals surface area contributed by atoms with E-state index in [0.717, 1.165) is 27.3 Å². The highest BCUT2D eigenvalue weighted by Crippen LogP contribution is 2.28. The second-order valence-electron chi connectivity index (χ2n) is 6.99. The van der Waals surface area contributed by atoms with Gasteiger partial charge in [-0.25, -0.2) is 4.98 Å². The van der Waals surface area contributed by atoms with Gasteiger partial charge >= 0.3 is 0 Å². The number of ether oxygens (including phenoxy) is 1. The van der Waals surface area contributed by atoms with Crippen molar-refractivity contribution in [3.05, 3.63) is 96.6 Å². The van der Waals surface area contributed by atoms with Crippen LogP contribution < -0.4 is 10.1 Å². The van der Waals surface area contributed by atoms with Crippen molar-refractivity contribution in [2.24, 2.45) is 0 Å². The van der Waals surface area contributed by atoms with Crippen LogP contribution in [0.1, 0.15) is 0 Å². The normalized spacial score (nSPS) is 10.8. The molecule has 0 saturated heterocycles. The van der Waals surface area contributed by atoms with Crippen molar-refractivity contribution < 1.29 is 9.53 Å². The van der Waals surface area contributed by atoms with Gasteiger partial charge in [-0.3, -0.25) is 9.20 Å². The number of para-hydroxylation sites is 1. The number of benzene rings is 3. The Morgan fingerprint density at radius 2 is 1.68 bits per heavy atom. The number of thiazole rings is 1. The van der Waals surface area contributed by atoms with Gasteiger partial charge < -0.3 is 10.1 Å². The fraction of sp³-hybridized carbons (Fsp3) is 0.0400. The number of amides is 1. The number of fused-ring (bicyclic) bond motifs is 1. The number of nitrogens with one attached hydrogen (secondary N) is 1. The molecule has 1 amide bonds. The van der Waals surface area contributed by atoms with E-state index in [9.17, 15) is 4.79 Å². The zero-order valence-electron chi connectivity index (χ0n) is 16.6. The van der Waals surface area contributed by atoms with Gasteiger partial charge in [0.15, 0.2) is 11.6 Å². The quantitative estimate of drug-likeness (QED) is 0.377. The molecule has 2 aromatic heterocycles. The van der Waals surface area contributed by atoms with Gasteiger partial charge in [0, 0.05) is 23.3 Å². The van der Waals surface area contributed by atoms with Gasteiger partial charge in [0.2, 0.25) is 0 Å². The van der Waals surface area contributed by atoms with E-state index in [1.165, 1.54) is 0 Å². The van der Waals surface area contributed by atoms with Crippen molar-refractivity contribution in [3.8, 4) is 28.1 Å². The number of hydrogen-bond donors (Lipinski definition) is 1. The van der Waals surface area contributed by atoms with Crippen LogP contribution in [0.3, 0.4) is 0 Å². The predicted octanol–water partition coefficient (Wildman–Crippen LogP) is 5.75. The van der Waals surface area contributed by atoms with Gasteiger partial charge in [-0.2, -0.15) is 0 Å². The number of aromatic nitrogens is 2. The van der Waals surface area contributed by atoms with E-state index in [2.05, 4.69) is 22.4 Å². The van der Waals surface area contributed by atoms with Gasteiger partial charge in [0.05, 0.1) is 11.4 Å². The molecule has 0 radical (unpaired) electrons. The number of carbonyl (C=O) groups excluding carboxylic acids is 1. The number of hydrogen-bond acceptors (Lipinski definition) is 4. The minimum Gasteiger partial charge on any atom is -0.484 e. The standard InChI is InChI=1S/C25H19N3O2S/c29-24(17-30-20-12-10-19(11-13-20)18-6-2-1-3-7-18)26-22-9-5-4-8-21(22)23-16-28-14-15-31-25(28)27-23/h1-16H,17H2,(H,26,29). The minimum atomic E-state index is -0.222. The smallest absolute Gasteiger partial charge is 0.262 e. The highest BCUT2D eigenvalue weighted by Gasteiger charge is 2.12. The van der Waals surface area contributed by atoms with E-state index in [1.54, 1.807) is 11.3 Å². The third kappa shape index (κ3) is 4.20. The first-order valence-electron chi connectivity index (χ1n) is 9.86. The first-order chi connectivity index (χ1) is 15.3. The number of nitrogens with zero attached hydrogens (tertiary/aromatic N) is 2. The molecule has 0 bridgehead atoms. The Labute approximate surface area is 183 Å². The fourth-order valence-electron chi connectivity index (χ4n) is 3.38. The topological polar surface area (TPSA) is 55.6 Å². The zero-order chi connectivity index (χ0) is 21.0. The van der Waals surface area contributed by atoms with Gasteiger partial charge in [0.1, 0.15) is 5.75 Å². The molecule has 3 aromatic carbocycles. The van der Waals surface area contributed by atoms with Crippen LogP contribution >= 0.6 is 11.3 Å². The van der Waals surface area contributed by atoms with Crippen molar-refractivity contribution in [1.29, 1.82) is 0 Å². The molecule has 31 heavy (non-hydrogen) atoms. The van der Waals surface area contributed by atoms with Crippen LogP contribution in [0, 0.1) is 0 Å². The Morgan fingerprint density at radius 1 is 0.935 bits per heavy atom. The van der Waals surface area contributed by atoms with E-state index in [1.807, 2.05) is 88.9 Å². The molecule has 0 aliphatic rings. The monoisotopic (exact) mass is 425 g/mol. The molecule has 0 atom stereocenters. The lowest BCUT2D eigenvalue weighted by atomic mass is 10.1. The summed E-state index contributed by atoms with van der Waals surface area (Å²) in [5, 5.41) is 4.93. The molecule has 0 saturated carbocycles. The first kappa shape index (κ1) is 19.1. The van der Waals surface area contributed by atoms with Crippen LogP contribution in [0.25, 0.3) is 27.3 Å². The number of imidazole rings is 1. The lowest BCUT2D eigenvalue weighted by molar-refractivity contribution is -0.118. The van der Waals surface area contributed by atoms with Crippen LogP contribution in [0.2, 0.25) is 0 Å². The summed E-state index contributed by atoms with van der Waals surface area (Å²) in [6.45, 7) is -0.0721. The van der Waals surface area contributed by atoms with Crippen molar-refractivity contribution >= 4 is 27.9 Å². The zero-order valence-corrected chi connectivity index (χ0v) is 17.4. The molecule has 2 heterocycles. The van der Waals surface area contributed by atoms with Gasteiger partial charge in [-0.05, 0) is 29.3 Å². The van der Waals surface area contributed by atoms with Crippen molar-refractivity contribution in [1.82, 2.24) is 9.38 Å². The number of anilines is 1. The number of carbonyl (C=O) groups is 1. The SMILES string of the molecule is O=C(COc1ccc(-c2ccccc2)cc1)Nc1ccccc1-c1cn2ccsc2n1. The fourth-order valence-corrected chi connectivity index (χ4v) is 4.08. The summed E-state index contributed by atoms with van der Waals surface area (Å²) >= 11 is 1.57. The molecule has 5 rings (SSSR count). The molecule has 0 fully saturated rings. The molecule has 1 N–H and O–H groups in total. The molecule has 5 aromatic rings. The summed E-state index contributed by atoms with van der Waals surface area (Å²) in [4.78, 5) is 18.1. The maximum absolute atomic E-state index is 12.5. The van der Waals surface area contributed by atoms with Crippen LogP contribution in [0.4, 0.5) is 5.69 Å². The van der Waals surface area contributed by atoms with Crippen molar-refractivity contribution in [2.45, 2.75) is 0 Å². The van der Waals surface area contributed by atoms with E-state index in [0.29, 0.717) is 11.4 Å². The molecule has 0 aliphatic carbocycles.